The van der Waals surface area contributed by atoms with Crippen molar-refractivity contribution >= 4 is 34.2 Å². The van der Waals surface area contributed by atoms with E-state index in [1.165, 1.54) is 0 Å². The van der Waals surface area contributed by atoms with Gasteiger partial charge < -0.3 is 10.6 Å². The normalized spacial score (nSPS) is 10.4. The number of carbonyl (C=O) groups excluding carboxylic acids is 1. The molecule has 2 N–H and O–H groups in total. The van der Waals surface area contributed by atoms with E-state index in [2.05, 4.69) is 46.2 Å². The number of anilines is 1. The second-order valence-corrected chi connectivity index (χ2v) is 5.95. The summed E-state index contributed by atoms with van der Waals surface area (Å²) in [5.41, 5.74) is 3.82. The predicted octanol–water partition coefficient (Wildman–Crippen LogP) is 3.96. The average Bonchev–Trinajstić information content (AvgIpc) is 2.48. The number of aryl methyl sites for hydroxylation is 1. The minimum atomic E-state index is -0.0660. The van der Waals surface area contributed by atoms with Crippen molar-refractivity contribution in [3.8, 4) is 0 Å². The molecule has 0 aliphatic rings. The summed E-state index contributed by atoms with van der Waals surface area (Å²) >= 11 is 2.22. The van der Waals surface area contributed by atoms with Gasteiger partial charge in [-0.05, 0) is 65.4 Å². The Bertz CT molecular complexity index is 640. The predicted molar refractivity (Wildman–Crippen MR) is 95.7 cm³/mol. The third-order valence-electron chi connectivity index (χ3n) is 3.20. The van der Waals surface area contributed by atoms with E-state index < -0.39 is 0 Å². The Morgan fingerprint density at radius 3 is 2.71 bits per heavy atom. The lowest BCUT2D eigenvalue weighted by molar-refractivity contribution is 0.102. The van der Waals surface area contributed by atoms with Crippen molar-refractivity contribution in [2.45, 2.75) is 20.4 Å². The molecule has 0 aliphatic heterocycles. The Balaban J connectivity index is 2.14. The highest BCUT2D eigenvalue weighted by atomic mass is 127. The van der Waals surface area contributed by atoms with Gasteiger partial charge in [0.15, 0.2) is 0 Å². The second kappa shape index (κ2) is 7.56. The van der Waals surface area contributed by atoms with Crippen LogP contribution in [0.2, 0.25) is 0 Å². The van der Waals surface area contributed by atoms with Crippen molar-refractivity contribution in [3.05, 3.63) is 62.7 Å². The van der Waals surface area contributed by atoms with Crippen LogP contribution in [0, 0.1) is 10.5 Å². The van der Waals surface area contributed by atoms with Crippen LogP contribution in [0.5, 0.6) is 0 Å². The first kappa shape index (κ1) is 16.0. The Hall–Kier alpha value is -1.40. The Morgan fingerprint density at radius 1 is 1.19 bits per heavy atom. The van der Waals surface area contributed by atoms with Crippen LogP contribution in [0.25, 0.3) is 0 Å². The van der Waals surface area contributed by atoms with Gasteiger partial charge in [-0.2, -0.15) is 0 Å². The zero-order valence-corrected chi connectivity index (χ0v) is 14.4. The molecule has 0 aliphatic carbocycles. The molecule has 0 spiro atoms. The molecular formula is C17H19IN2O. The number of amides is 1. The van der Waals surface area contributed by atoms with E-state index in [1.807, 2.05) is 43.3 Å². The van der Waals surface area contributed by atoms with E-state index in [0.29, 0.717) is 5.56 Å². The molecule has 2 rings (SSSR count). The van der Waals surface area contributed by atoms with Crippen LogP contribution in [0.1, 0.15) is 28.4 Å². The molecule has 0 fully saturated rings. The molecule has 0 unspecified atom stereocenters. The molecule has 21 heavy (non-hydrogen) atoms. The van der Waals surface area contributed by atoms with Crippen molar-refractivity contribution in [3.63, 3.8) is 0 Å². The topological polar surface area (TPSA) is 41.1 Å². The highest BCUT2D eigenvalue weighted by Gasteiger charge is 2.11. The van der Waals surface area contributed by atoms with Crippen molar-refractivity contribution < 1.29 is 4.79 Å². The second-order valence-electron chi connectivity index (χ2n) is 4.87. The zero-order valence-electron chi connectivity index (χ0n) is 12.2. The van der Waals surface area contributed by atoms with E-state index >= 15 is 0 Å². The number of rotatable bonds is 5. The molecule has 2 aromatic carbocycles. The van der Waals surface area contributed by atoms with Crippen LogP contribution in [0.3, 0.4) is 0 Å². The minimum absolute atomic E-state index is 0.0660. The molecular weight excluding hydrogens is 375 g/mol. The highest BCUT2D eigenvalue weighted by molar-refractivity contribution is 14.1. The molecule has 0 saturated carbocycles. The largest absolute Gasteiger partial charge is 0.322 e. The van der Waals surface area contributed by atoms with Crippen molar-refractivity contribution in [2.75, 3.05) is 11.9 Å². The summed E-state index contributed by atoms with van der Waals surface area (Å²) in [4.78, 5) is 12.4. The van der Waals surface area contributed by atoms with E-state index in [4.69, 9.17) is 0 Å². The van der Waals surface area contributed by atoms with Crippen molar-refractivity contribution in [2.24, 2.45) is 0 Å². The summed E-state index contributed by atoms with van der Waals surface area (Å²) in [7, 11) is 0. The Kier molecular flexibility index (Phi) is 5.76. The molecule has 0 atom stereocenters. The van der Waals surface area contributed by atoms with E-state index in [1.54, 1.807) is 0 Å². The smallest absolute Gasteiger partial charge is 0.256 e. The monoisotopic (exact) mass is 394 g/mol. The number of nitrogens with one attached hydrogen (secondary N) is 2. The van der Waals surface area contributed by atoms with Crippen LogP contribution < -0.4 is 10.6 Å². The number of halogens is 1. The van der Waals surface area contributed by atoms with Gasteiger partial charge in [0.1, 0.15) is 0 Å². The fraction of sp³-hybridized carbons (Fsp3) is 0.235. The number of benzene rings is 2. The summed E-state index contributed by atoms with van der Waals surface area (Å²) in [6.07, 6.45) is 0. The quantitative estimate of drug-likeness (QED) is 0.754. The molecule has 0 bridgehead atoms. The van der Waals surface area contributed by atoms with Gasteiger partial charge in [-0.25, -0.2) is 0 Å². The summed E-state index contributed by atoms with van der Waals surface area (Å²) in [6, 6.07) is 13.7. The SMILES string of the molecule is CCNCc1cccc(NC(=O)c2cccc(C)c2I)c1. The third kappa shape index (κ3) is 4.28. The zero-order chi connectivity index (χ0) is 15.2. The first-order valence-electron chi connectivity index (χ1n) is 6.98. The van der Waals surface area contributed by atoms with Gasteiger partial charge in [-0.15, -0.1) is 0 Å². The van der Waals surface area contributed by atoms with E-state index in [-0.39, 0.29) is 5.91 Å². The summed E-state index contributed by atoms with van der Waals surface area (Å²) in [6.45, 7) is 5.82. The number of carbonyl (C=O) groups is 1. The lowest BCUT2D eigenvalue weighted by Gasteiger charge is -2.10. The number of hydrogen-bond donors (Lipinski definition) is 2. The molecule has 110 valence electrons. The molecule has 2 aromatic rings. The van der Waals surface area contributed by atoms with E-state index in [0.717, 1.165) is 33.5 Å². The number of hydrogen-bond acceptors (Lipinski definition) is 2. The van der Waals surface area contributed by atoms with Gasteiger partial charge in [0.2, 0.25) is 0 Å². The summed E-state index contributed by atoms with van der Waals surface area (Å²) < 4.78 is 0.997. The Labute approximate surface area is 139 Å². The summed E-state index contributed by atoms with van der Waals surface area (Å²) in [5.74, 6) is -0.0660. The lowest BCUT2D eigenvalue weighted by Crippen LogP contribution is -2.15. The first-order valence-corrected chi connectivity index (χ1v) is 8.06. The third-order valence-corrected chi connectivity index (χ3v) is 4.63. The van der Waals surface area contributed by atoms with Gasteiger partial charge >= 0.3 is 0 Å². The van der Waals surface area contributed by atoms with Crippen LogP contribution in [-0.2, 0) is 6.54 Å². The van der Waals surface area contributed by atoms with E-state index in [9.17, 15) is 4.79 Å². The fourth-order valence-electron chi connectivity index (χ4n) is 2.05. The van der Waals surface area contributed by atoms with Crippen molar-refractivity contribution in [1.29, 1.82) is 0 Å². The maximum absolute atomic E-state index is 12.4. The molecule has 0 saturated heterocycles. The molecule has 0 radical (unpaired) electrons. The minimum Gasteiger partial charge on any atom is -0.322 e. The first-order chi connectivity index (χ1) is 10.1. The fourth-order valence-corrected chi connectivity index (χ4v) is 2.65. The van der Waals surface area contributed by atoms with Gasteiger partial charge in [-0.1, -0.05) is 31.2 Å². The molecule has 4 heteroatoms. The standard InChI is InChI=1S/C17H19IN2O/c1-3-19-11-13-7-5-8-14(10-13)20-17(21)15-9-4-6-12(2)16(15)18/h4-10,19H,3,11H2,1-2H3,(H,20,21). The summed E-state index contributed by atoms with van der Waals surface area (Å²) in [5, 5.41) is 6.25. The van der Waals surface area contributed by atoms with Crippen molar-refractivity contribution in [1.82, 2.24) is 5.32 Å². The van der Waals surface area contributed by atoms with Crippen LogP contribution >= 0.6 is 22.6 Å². The molecule has 0 aromatic heterocycles. The molecule has 1 amide bonds. The molecule has 3 nitrogen and oxygen atoms in total. The average molecular weight is 394 g/mol. The highest BCUT2D eigenvalue weighted by Crippen LogP contribution is 2.19. The van der Waals surface area contributed by atoms with Gasteiger partial charge in [0.05, 0.1) is 5.56 Å². The van der Waals surface area contributed by atoms with Gasteiger partial charge in [0.25, 0.3) is 5.91 Å². The maximum atomic E-state index is 12.4. The maximum Gasteiger partial charge on any atom is 0.256 e. The molecule has 0 heterocycles. The van der Waals surface area contributed by atoms with Crippen LogP contribution in [0.4, 0.5) is 5.69 Å². The van der Waals surface area contributed by atoms with Gasteiger partial charge in [0, 0.05) is 15.8 Å². The van der Waals surface area contributed by atoms with Crippen LogP contribution in [0.15, 0.2) is 42.5 Å². The van der Waals surface area contributed by atoms with Crippen LogP contribution in [-0.4, -0.2) is 12.5 Å². The lowest BCUT2D eigenvalue weighted by atomic mass is 10.1. The Morgan fingerprint density at radius 2 is 1.95 bits per heavy atom. The van der Waals surface area contributed by atoms with Gasteiger partial charge in [-0.3, -0.25) is 4.79 Å².